The lowest BCUT2D eigenvalue weighted by Gasteiger charge is -2.10. The average molecular weight is 208 g/mol. The molecule has 1 aliphatic heterocycles. The fourth-order valence-electron chi connectivity index (χ4n) is 0.913. The molecule has 0 aromatic heterocycles. The summed E-state index contributed by atoms with van der Waals surface area (Å²) in [6.45, 7) is 1.59. The lowest BCUT2D eigenvalue weighted by molar-refractivity contribution is -0.124. The molecule has 0 bridgehead atoms. The maximum absolute atomic E-state index is 11.0. The van der Waals surface area contributed by atoms with Gasteiger partial charge in [0.2, 0.25) is 11.0 Å². The molecule has 2 atom stereocenters. The predicted molar refractivity (Wildman–Crippen MR) is 49.3 cm³/mol. The molecular weight excluding hydrogens is 198 g/mol. The highest BCUT2D eigenvalue weighted by atomic mass is 35.5. The minimum absolute atomic E-state index is 0.0423. The largest absolute Gasteiger partial charge is 0.344 e. The number of amides is 1. The quantitative estimate of drug-likeness (QED) is 0.681. The number of thioether (sulfide) groups is 1. The van der Waals surface area contributed by atoms with E-state index in [2.05, 4.69) is 5.32 Å². The zero-order chi connectivity index (χ0) is 9.14. The highest BCUT2D eigenvalue weighted by Crippen LogP contribution is 2.19. The summed E-state index contributed by atoms with van der Waals surface area (Å²) in [6.07, 6.45) is 0.721. The normalized spacial score (nSPS) is 25.5. The minimum atomic E-state index is -0.566. The third-order valence-corrected chi connectivity index (χ3v) is 2.82. The van der Waals surface area contributed by atoms with Crippen molar-refractivity contribution in [1.29, 1.82) is 0 Å². The first-order chi connectivity index (χ1) is 5.61. The summed E-state index contributed by atoms with van der Waals surface area (Å²) in [5, 5.41) is 2.06. The molecule has 1 heterocycles. The number of hydrogen-bond donors (Lipinski definition) is 1. The van der Waals surface area contributed by atoms with Crippen LogP contribution in [-0.4, -0.2) is 28.2 Å². The summed E-state index contributed by atoms with van der Waals surface area (Å²) in [5.74, 6) is 0.526. The van der Waals surface area contributed by atoms with Gasteiger partial charge >= 0.3 is 0 Å². The zero-order valence-corrected chi connectivity index (χ0v) is 8.24. The van der Waals surface area contributed by atoms with Gasteiger partial charge in [-0.25, -0.2) is 0 Å². The Kier molecular flexibility index (Phi) is 3.40. The van der Waals surface area contributed by atoms with E-state index in [0.29, 0.717) is 0 Å². The summed E-state index contributed by atoms with van der Waals surface area (Å²) in [5.41, 5.74) is 0. The van der Waals surface area contributed by atoms with Crippen molar-refractivity contribution in [2.45, 2.75) is 24.8 Å². The Morgan fingerprint density at radius 1 is 1.83 bits per heavy atom. The average Bonchev–Trinajstić information content (AvgIpc) is 2.36. The molecule has 1 fully saturated rings. The third kappa shape index (κ3) is 2.38. The standard InChI is InChI=1S/C7H10ClNO2S/c1-4(8)6(10)9-5-2-3-12-7(5)11/h4-5H,2-3H2,1H3,(H,9,10)/t4-,5+/m1/s1. The van der Waals surface area contributed by atoms with Crippen LogP contribution in [0.25, 0.3) is 0 Å². The summed E-state index contributed by atoms with van der Waals surface area (Å²) < 4.78 is 0. The third-order valence-electron chi connectivity index (χ3n) is 1.61. The molecule has 1 rings (SSSR count). The van der Waals surface area contributed by atoms with Gasteiger partial charge in [0.15, 0.2) is 0 Å². The highest BCUT2D eigenvalue weighted by molar-refractivity contribution is 8.14. The van der Waals surface area contributed by atoms with Crippen LogP contribution < -0.4 is 5.32 Å². The van der Waals surface area contributed by atoms with Crippen molar-refractivity contribution in [3.63, 3.8) is 0 Å². The molecule has 3 nitrogen and oxygen atoms in total. The van der Waals surface area contributed by atoms with E-state index >= 15 is 0 Å². The number of hydrogen-bond acceptors (Lipinski definition) is 3. The lowest BCUT2D eigenvalue weighted by Crippen LogP contribution is -2.40. The van der Waals surface area contributed by atoms with Gasteiger partial charge in [-0.1, -0.05) is 11.8 Å². The number of rotatable bonds is 2. The Hall–Kier alpha value is -0.220. The fourth-order valence-corrected chi connectivity index (χ4v) is 1.91. The zero-order valence-electron chi connectivity index (χ0n) is 6.67. The van der Waals surface area contributed by atoms with E-state index in [1.807, 2.05) is 0 Å². The Bertz CT molecular complexity index is 208. The smallest absolute Gasteiger partial charge is 0.238 e. The monoisotopic (exact) mass is 207 g/mol. The van der Waals surface area contributed by atoms with Crippen molar-refractivity contribution in [3.8, 4) is 0 Å². The van der Waals surface area contributed by atoms with E-state index in [0.717, 1.165) is 12.2 Å². The van der Waals surface area contributed by atoms with Gasteiger partial charge in [-0.3, -0.25) is 9.59 Å². The molecule has 1 aliphatic rings. The van der Waals surface area contributed by atoms with Crippen LogP contribution in [-0.2, 0) is 9.59 Å². The molecule has 1 amide bonds. The van der Waals surface area contributed by atoms with Gasteiger partial charge in [0, 0.05) is 5.75 Å². The van der Waals surface area contributed by atoms with Crippen LogP contribution in [0.3, 0.4) is 0 Å². The summed E-state index contributed by atoms with van der Waals surface area (Å²) in [7, 11) is 0. The molecule has 1 N–H and O–H groups in total. The summed E-state index contributed by atoms with van der Waals surface area (Å²) in [4.78, 5) is 22.1. The molecule has 0 saturated carbocycles. The first-order valence-electron chi connectivity index (χ1n) is 3.72. The number of halogens is 1. The van der Waals surface area contributed by atoms with Gasteiger partial charge in [0.25, 0.3) is 0 Å². The van der Waals surface area contributed by atoms with Gasteiger partial charge in [0.05, 0.1) is 6.04 Å². The van der Waals surface area contributed by atoms with Crippen LogP contribution in [0, 0.1) is 0 Å². The predicted octanol–water partition coefficient (Wildman–Crippen LogP) is 0.762. The van der Waals surface area contributed by atoms with Crippen molar-refractivity contribution in [3.05, 3.63) is 0 Å². The maximum Gasteiger partial charge on any atom is 0.238 e. The Morgan fingerprint density at radius 2 is 2.50 bits per heavy atom. The first kappa shape index (κ1) is 9.86. The fraction of sp³-hybridized carbons (Fsp3) is 0.714. The van der Waals surface area contributed by atoms with Gasteiger partial charge in [-0.15, -0.1) is 11.6 Å². The molecule has 0 spiro atoms. The van der Waals surface area contributed by atoms with Crippen molar-refractivity contribution < 1.29 is 9.59 Å². The molecular formula is C7H10ClNO2S. The molecule has 12 heavy (non-hydrogen) atoms. The number of alkyl halides is 1. The molecule has 1 saturated heterocycles. The van der Waals surface area contributed by atoms with Gasteiger partial charge < -0.3 is 5.32 Å². The van der Waals surface area contributed by atoms with Gasteiger partial charge in [-0.05, 0) is 13.3 Å². The Labute approximate surface area is 80.2 Å². The van der Waals surface area contributed by atoms with E-state index in [1.165, 1.54) is 11.8 Å². The molecule has 68 valence electrons. The molecule has 0 aliphatic carbocycles. The maximum atomic E-state index is 11.0. The number of carbonyl (C=O) groups excluding carboxylic acids is 2. The van der Waals surface area contributed by atoms with Crippen molar-refractivity contribution >= 4 is 34.4 Å². The number of carbonyl (C=O) groups is 2. The van der Waals surface area contributed by atoms with Gasteiger partial charge in [-0.2, -0.15) is 0 Å². The van der Waals surface area contributed by atoms with E-state index in [9.17, 15) is 9.59 Å². The van der Waals surface area contributed by atoms with Crippen LogP contribution in [0.5, 0.6) is 0 Å². The molecule has 5 heteroatoms. The van der Waals surface area contributed by atoms with Crippen LogP contribution >= 0.6 is 23.4 Å². The van der Waals surface area contributed by atoms with E-state index in [1.54, 1.807) is 6.92 Å². The van der Waals surface area contributed by atoms with Crippen LogP contribution in [0.1, 0.15) is 13.3 Å². The topological polar surface area (TPSA) is 46.2 Å². The summed E-state index contributed by atoms with van der Waals surface area (Å²) >= 11 is 6.79. The second-order valence-corrected chi connectivity index (χ2v) is 4.39. The lowest BCUT2D eigenvalue weighted by atomic mass is 10.2. The van der Waals surface area contributed by atoms with E-state index in [4.69, 9.17) is 11.6 Å². The molecule has 0 aromatic rings. The molecule has 0 unspecified atom stereocenters. The van der Waals surface area contributed by atoms with Crippen molar-refractivity contribution in [1.82, 2.24) is 5.32 Å². The SMILES string of the molecule is C[C@@H](Cl)C(=O)N[C@H]1CCSC1=O. The Balaban J connectivity index is 2.40. The van der Waals surface area contributed by atoms with Gasteiger partial charge in [0.1, 0.15) is 5.38 Å². The molecule has 0 radical (unpaired) electrons. The van der Waals surface area contributed by atoms with Crippen LogP contribution in [0.2, 0.25) is 0 Å². The van der Waals surface area contributed by atoms with Crippen molar-refractivity contribution in [2.75, 3.05) is 5.75 Å². The van der Waals surface area contributed by atoms with Crippen LogP contribution in [0.15, 0.2) is 0 Å². The molecule has 0 aromatic carbocycles. The summed E-state index contributed by atoms with van der Waals surface area (Å²) in [6, 6.07) is -0.316. The highest BCUT2D eigenvalue weighted by Gasteiger charge is 2.27. The second kappa shape index (κ2) is 4.14. The second-order valence-electron chi connectivity index (χ2n) is 2.63. The first-order valence-corrected chi connectivity index (χ1v) is 5.14. The minimum Gasteiger partial charge on any atom is -0.344 e. The van der Waals surface area contributed by atoms with E-state index in [-0.39, 0.29) is 17.1 Å². The van der Waals surface area contributed by atoms with Crippen LogP contribution in [0.4, 0.5) is 0 Å². The van der Waals surface area contributed by atoms with E-state index < -0.39 is 5.38 Å². The van der Waals surface area contributed by atoms with Crippen molar-refractivity contribution in [2.24, 2.45) is 0 Å². The number of nitrogens with one attached hydrogen (secondary N) is 1. The Morgan fingerprint density at radius 3 is 2.92 bits per heavy atom.